The van der Waals surface area contributed by atoms with E-state index in [0.29, 0.717) is 28.4 Å². The summed E-state index contributed by atoms with van der Waals surface area (Å²) in [5, 5.41) is 3.39. The van der Waals surface area contributed by atoms with Crippen LogP contribution in [0, 0.1) is 0 Å². The van der Waals surface area contributed by atoms with E-state index in [-0.39, 0.29) is 17.3 Å². The Balaban J connectivity index is 2.06. The minimum absolute atomic E-state index is 0.000115. The van der Waals surface area contributed by atoms with E-state index < -0.39 is 34.1 Å². The highest BCUT2D eigenvalue weighted by atomic mass is 35.5. The lowest BCUT2D eigenvalue weighted by Gasteiger charge is -2.35. The maximum Gasteiger partial charge on any atom is 0.264 e. The highest BCUT2D eigenvalue weighted by molar-refractivity contribution is 7.92. The van der Waals surface area contributed by atoms with Crippen molar-refractivity contribution < 1.29 is 22.7 Å². The molecule has 10 heteroatoms. The van der Waals surface area contributed by atoms with Crippen LogP contribution in [0.25, 0.3) is 0 Å². The van der Waals surface area contributed by atoms with Gasteiger partial charge in [-0.25, -0.2) is 8.42 Å². The summed E-state index contributed by atoms with van der Waals surface area (Å²) in [4.78, 5) is 28.8. The molecule has 3 aromatic rings. The Hall–Kier alpha value is -3.56. The fourth-order valence-electron chi connectivity index (χ4n) is 4.18. The number of anilines is 1. The fraction of sp³-hybridized carbons (Fsp3) is 0.333. The van der Waals surface area contributed by atoms with Crippen molar-refractivity contribution in [3.8, 4) is 5.75 Å². The van der Waals surface area contributed by atoms with Gasteiger partial charge in [-0.1, -0.05) is 54.9 Å². The maximum absolute atomic E-state index is 14.1. The Morgan fingerprint density at radius 2 is 1.55 bits per heavy atom. The predicted octanol–water partition coefficient (Wildman–Crippen LogP) is 5.27. The van der Waals surface area contributed by atoms with Crippen molar-refractivity contribution in [2.24, 2.45) is 0 Å². The molecule has 40 heavy (non-hydrogen) atoms. The molecule has 0 radical (unpaired) electrons. The van der Waals surface area contributed by atoms with Crippen molar-refractivity contribution in [3.05, 3.63) is 89.4 Å². The van der Waals surface area contributed by atoms with Gasteiger partial charge < -0.3 is 15.0 Å². The van der Waals surface area contributed by atoms with Crippen molar-refractivity contribution in [2.45, 2.75) is 57.1 Å². The van der Waals surface area contributed by atoms with Crippen LogP contribution >= 0.6 is 11.6 Å². The molecular formula is C30H36ClN3O5S. The molecule has 3 aromatic carbocycles. The van der Waals surface area contributed by atoms with Gasteiger partial charge in [-0.3, -0.25) is 13.9 Å². The number of methoxy groups -OCH3 is 1. The molecule has 3 rings (SSSR count). The molecule has 0 aliphatic heterocycles. The Morgan fingerprint density at radius 3 is 2.10 bits per heavy atom. The molecule has 2 amide bonds. The molecule has 1 N–H and O–H groups in total. The summed E-state index contributed by atoms with van der Waals surface area (Å²) < 4.78 is 34.0. The number of ether oxygens (including phenoxy) is 1. The summed E-state index contributed by atoms with van der Waals surface area (Å²) in [7, 11) is -2.67. The third-order valence-electron chi connectivity index (χ3n) is 6.15. The van der Waals surface area contributed by atoms with E-state index >= 15 is 0 Å². The van der Waals surface area contributed by atoms with Gasteiger partial charge in [-0.15, -0.1) is 0 Å². The topological polar surface area (TPSA) is 96.0 Å². The van der Waals surface area contributed by atoms with E-state index in [2.05, 4.69) is 5.32 Å². The lowest BCUT2D eigenvalue weighted by Crippen LogP contribution is -2.55. The SMILES string of the molecule is CC[C@H](C(=O)NC(C)(C)C)N(Cc1ccccc1Cl)C(=O)CN(c1ccccc1)S(=O)(=O)c1ccc(OC)cc1. The minimum atomic E-state index is -4.17. The zero-order valence-electron chi connectivity index (χ0n) is 23.4. The van der Waals surface area contributed by atoms with Crippen LogP contribution < -0.4 is 14.4 Å². The number of sulfonamides is 1. The van der Waals surface area contributed by atoms with Crippen molar-refractivity contribution in [2.75, 3.05) is 18.0 Å². The molecule has 0 bridgehead atoms. The number of carbonyl (C=O) groups excluding carboxylic acids is 2. The summed E-state index contributed by atoms with van der Waals surface area (Å²) in [5.74, 6) is -0.376. The Morgan fingerprint density at radius 1 is 0.950 bits per heavy atom. The molecule has 0 saturated heterocycles. The van der Waals surface area contributed by atoms with Gasteiger partial charge in [0.25, 0.3) is 10.0 Å². The first-order chi connectivity index (χ1) is 18.9. The largest absolute Gasteiger partial charge is 0.497 e. The molecule has 0 fully saturated rings. The molecule has 0 aliphatic carbocycles. The van der Waals surface area contributed by atoms with E-state index in [1.165, 1.54) is 24.1 Å². The second-order valence-electron chi connectivity index (χ2n) is 10.3. The number of hydrogen-bond acceptors (Lipinski definition) is 5. The molecule has 0 heterocycles. The first-order valence-electron chi connectivity index (χ1n) is 12.9. The number of rotatable bonds is 11. The van der Waals surface area contributed by atoms with E-state index in [1.807, 2.05) is 27.7 Å². The van der Waals surface area contributed by atoms with Gasteiger partial charge in [0.1, 0.15) is 18.3 Å². The zero-order chi connectivity index (χ0) is 29.5. The van der Waals surface area contributed by atoms with Crippen molar-refractivity contribution >= 4 is 39.1 Å². The van der Waals surface area contributed by atoms with Crippen LogP contribution in [0.1, 0.15) is 39.7 Å². The van der Waals surface area contributed by atoms with Gasteiger partial charge in [-0.2, -0.15) is 0 Å². The molecule has 1 atom stereocenters. The maximum atomic E-state index is 14.1. The van der Waals surface area contributed by atoms with Crippen LogP contribution in [0.2, 0.25) is 5.02 Å². The van der Waals surface area contributed by atoms with E-state index in [0.717, 1.165) is 4.31 Å². The van der Waals surface area contributed by atoms with Crippen LogP contribution in [0.4, 0.5) is 5.69 Å². The van der Waals surface area contributed by atoms with E-state index in [9.17, 15) is 18.0 Å². The standard InChI is InChI=1S/C30H36ClN3O5S/c1-6-27(29(36)32-30(2,3)4)33(20-22-12-10-11-15-26(22)31)28(35)21-34(23-13-8-7-9-14-23)40(37,38)25-18-16-24(39-5)17-19-25/h7-19,27H,6,20-21H2,1-5H3,(H,32,36)/t27-/m1/s1. The molecule has 214 valence electrons. The highest BCUT2D eigenvalue weighted by Crippen LogP contribution is 2.26. The van der Waals surface area contributed by atoms with Crippen LogP contribution in [0.5, 0.6) is 5.75 Å². The lowest BCUT2D eigenvalue weighted by atomic mass is 10.1. The van der Waals surface area contributed by atoms with Crippen LogP contribution in [-0.4, -0.2) is 50.4 Å². The van der Waals surface area contributed by atoms with Crippen molar-refractivity contribution in [1.29, 1.82) is 0 Å². The molecule has 0 spiro atoms. The average molecular weight is 586 g/mol. The van der Waals surface area contributed by atoms with Crippen molar-refractivity contribution in [3.63, 3.8) is 0 Å². The number of nitrogens with one attached hydrogen (secondary N) is 1. The summed E-state index contributed by atoms with van der Waals surface area (Å²) in [6.45, 7) is 6.88. The Kier molecular flexibility index (Phi) is 10.2. The van der Waals surface area contributed by atoms with Gasteiger partial charge in [-0.05, 0) is 75.2 Å². The van der Waals surface area contributed by atoms with E-state index in [1.54, 1.807) is 66.7 Å². The van der Waals surface area contributed by atoms with Crippen LogP contribution in [0.15, 0.2) is 83.8 Å². The van der Waals surface area contributed by atoms with Gasteiger partial charge in [0.2, 0.25) is 11.8 Å². The summed E-state index contributed by atoms with van der Waals surface area (Å²) >= 11 is 6.43. The Labute approximate surface area is 241 Å². The summed E-state index contributed by atoms with van der Waals surface area (Å²) in [5.41, 5.74) is 0.428. The quantitative estimate of drug-likeness (QED) is 0.331. The lowest BCUT2D eigenvalue weighted by molar-refractivity contribution is -0.141. The number of para-hydroxylation sites is 1. The minimum Gasteiger partial charge on any atom is -0.497 e. The Bertz CT molecular complexity index is 1410. The summed E-state index contributed by atoms with van der Waals surface area (Å²) in [6, 6.07) is 20.6. The summed E-state index contributed by atoms with van der Waals surface area (Å²) in [6.07, 6.45) is 0.314. The number of nitrogens with zero attached hydrogens (tertiary/aromatic N) is 2. The smallest absolute Gasteiger partial charge is 0.264 e. The predicted molar refractivity (Wildman–Crippen MR) is 158 cm³/mol. The molecule has 8 nitrogen and oxygen atoms in total. The van der Waals surface area contributed by atoms with Gasteiger partial charge in [0.15, 0.2) is 0 Å². The van der Waals surface area contributed by atoms with E-state index in [4.69, 9.17) is 16.3 Å². The second-order valence-corrected chi connectivity index (χ2v) is 12.6. The first kappa shape index (κ1) is 31.0. The third-order valence-corrected chi connectivity index (χ3v) is 8.31. The normalized spacial score (nSPS) is 12.3. The van der Waals surface area contributed by atoms with Crippen molar-refractivity contribution in [1.82, 2.24) is 10.2 Å². The van der Waals surface area contributed by atoms with Gasteiger partial charge in [0.05, 0.1) is 17.7 Å². The van der Waals surface area contributed by atoms with Crippen LogP contribution in [-0.2, 0) is 26.2 Å². The molecule has 0 aromatic heterocycles. The van der Waals surface area contributed by atoms with Crippen LogP contribution in [0.3, 0.4) is 0 Å². The number of carbonyl (C=O) groups is 2. The monoisotopic (exact) mass is 585 g/mol. The molecule has 0 unspecified atom stereocenters. The fourth-order valence-corrected chi connectivity index (χ4v) is 5.79. The molecule has 0 saturated carbocycles. The third kappa shape index (κ3) is 7.76. The number of benzene rings is 3. The highest BCUT2D eigenvalue weighted by Gasteiger charge is 2.34. The molecule has 0 aliphatic rings. The zero-order valence-corrected chi connectivity index (χ0v) is 25.0. The first-order valence-corrected chi connectivity index (χ1v) is 14.8. The second kappa shape index (κ2) is 13.2. The van der Waals surface area contributed by atoms with Gasteiger partial charge in [0, 0.05) is 17.1 Å². The number of halogens is 1. The number of hydrogen-bond donors (Lipinski definition) is 1. The van der Waals surface area contributed by atoms with Gasteiger partial charge >= 0.3 is 0 Å². The molecular weight excluding hydrogens is 550 g/mol. The average Bonchev–Trinajstić information content (AvgIpc) is 2.92. The number of amides is 2.